The van der Waals surface area contributed by atoms with E-state index in [0.29, 0.717) is 16.4 Å². The van der Waals surface area contributed by atoms with Crippen LogP contribution in [0.1, 0.15) is 24.1 Å². The number of anilines is 1. The van der Waals surface area contributed by atoms with Crippen molar-refractivity contribution in [3.05, 3.63) is 57.6 Å². The molecule has 0 amide bonds. The molecule has 0 bridgehead atoms. The lowest BCUT2D eigenvalue weighted by molar-refractivity contribution is 0.600. The predicted molar refractivity (Wildman–Crippen MR) is 77.4 cm³/mol. The number of nitrogens with zero attached hydrogens (tertiary/aromatic N) is 1. The molecule has 1 aromatic carbocycles. The van der Waals surface area contributed by atoms with E-state index in [0.717, 1.165) is 5.56 Å². The number of benzene rings is 1. The second-order valence-electron chi connectivity index (χ2n) is 4.32. The second kappa shape index (κ2) is 5.76. The minimum absolute atomic E-state index is 0.222. The first-order chi connectivity index (χ1) is 8.99. The first-order valence-electron chi connectivity index (χ1n) is 5.82. The van der Waals surface area contributed by atoms with Gasteiger partial charge >= 0.3 is 0 Å². The van der Waals surface area contributed by atoms with E-state index in [1.54, 1.807) is 24.3 Å². The molecule has 1 N–H and O–H groups in total. The van der Waals surface area contributed by atoms with Crippen LogP contribution < -0.4 is 5.32 Å². The molecule has 0 spiro atoms. The summed E-state index contributed by atoms with van der Waals surface area (Å²) >= 11 is 11.9. The molecule has 1 aromatic heterocycles. The van der Waals surface area contributed by atoms with Gasteiger partial charge in [0.05, 0.1) is 11.7 Å². The van der Waals surface area contributed by atoms with Gasteiger partial charge in [-0.15, -0.1) is 0 Å². The average molecular weight is 299 g/mol. The summed E-state index contributed by atoms with van der Waals surface area (Å²) < 4.78 is 13.7. The predicted octanol–water partition coefficient (Wildman–Crippen LogP) is 5.01. The highest BCUT2D eigenvalue weighted by Crippen LogP contribution is 2.30. The van der Waals surface area contributed by atoms with Crippen molar-refractivity contribution < 1.29 is 4.39 Å². The van der Waals surface area contributed by atoms with E-state index in [1.807, 2.05) is 13.8 Å². The summed E-state index contributed by atoms with van der Waals surface area (Å²) in [7, 11) is 0. The van der Waals surface area contributed by atoms with Crippen LogP contribution in [0.15, 0.2) is 30.3 Å². The molecule has 1 atom stereocenters. The van der Waals surface area contributed by atoms with Crippen LogP contribution in [0.5, 0.6) is 0 Å². The molecule has 0 aliphatic heterocycles. The highest BCUT2D eigenvalue weighted by molar-refractivity contribution is 6.34. The van der Waals surface area contributed by atoms with E-state index in [-0.39, 0.29) is 17.0 Å². The van der Waals surface area contributed by atoms with E-state index in [2.05, 4.69) is 10.3 Å². The highest BCUT2D eigenvalue weighted by Gasteiger charge is 2.14. The van der Waals surface area contributed by atoms with Gasteiger partial charge in [0, 0.05) is 5.56 Å². The van der Waals surface area contributed by atoms with Gasteiger partial charge in [-0.05, 0) is 31.5 Å². The molecule has 1 unspecified atom stereocenters. The fourth-order valence-electron chi connectivity index (χ4n) is 1.89. The maximum atomic E-state index is 13.7. The van der Waals surface area contributed by atoms with Crippen molar-refractivity contribution in [2.45, 2.75) is 19.9 Å². The van der Waals surface area contributed by atoms with Crippen LogP contribution in [0, 0.1) is 12.7 Å². The monoisotopic (exact) mass is 298 g/mol. The van der Waals surface area contributed by atoms with Crippen molar-refractivity contribution in [1.82, 2.24) is 4.98 Å². The van der Waals surface area contributed by atoms with Crippen LogP contribution in [-0.4, -0.2) is 4.98 Å². The van der Waals surface area contributed by atoms with Gasteiger partial charge < -0.3 is 5.32 Å². The molecule has 0 radical (unpaired) electrons. The van der Waals surface area contributed by atoms with Gasteiger partial charge in [-0.2, -0.15) is 0 Å². The average Bonchev–Trinajstić information content (AvgIpc) is 2.34. The first kappa shape index (κ1) is 14.1. The number of aromatic nitrogens is 1. The number of hydrogen-bond acceptors (Lipinski definition) is 2. The SMILES string of the molecule is Cc1cc(Cl)nc(Cl)c1NC(C)c1ccccc1F. The molecule has 0 saturated carbocycles. The van der Waals surface area contributed by atoms with Crippen molar-refractivity contribution in [2.24, 2.45) is 0 Å². The summed E-state index contributed by atoms with van der Waals surface area (Å²) in [5.41, 5.74) is 2.11. The Morgan fingerprint density at radius 3 is 2.58 bits per heavy atom. The molecule has 2 aromatic rings. The third-order valence-corrected chi connectivity index (χ3v) is 3.34. The molecule has 2 nitrogen and oxygen atoms in total. The minimum atomic E-state index is -0.252. The smallest absolute Gasteiger partial charge is 0.154 e. The molecule has 5 heteroatoms. The molecule has 2 rings (SSSR count). The summed E-state index contributed by atoms with van der Waals surface area (Å²) in [5, 5.41) is 3.79. The van der Waals surface area contributed by atoms with E-state index < -0.39 is 0 Å². The maximum Gasteiger partial charge on any atom is 0.154 e. The van der Waals surface area contributed by atoms with Crippen molar-refractivity contribution in [1.29, 1.82) is 0 Å². The van der Waals surface area contributed by atoms with Crippen LogP contribution in [0.3, 0.4) is 0 Å². The van der Waals surface area contributed by atoms with Gasteiger partial charge in [0.25, 0.3) is 0 Å². The fraction of sp³-hybridized carbons (Fsp3) is 0.214. The number of hydrogen-bond donors (Lipinski definition) is 1. The van der Waals surface area contributed by atoms with Crippen LogP contribution in [-0.2, 0) is 0 Å². The van der Waals surface area contributed by atoms with Crippen LogP contribution in [0.2, 0.25) is 10.3 Å². The minimum Gasteiger partial charge on any atom is -0.376 e. The number of pyridine rings is 1. The first-order valence-corrected chi connectivity index (χ1v) is 6.58. The van der Waals surface area contributed by atoms with Gasteiger partial charge in [0.2, 0.25) is 0 Å². The second-order valence-corrected chi connectivity index (χ2v) is 5.06. The lowest BCUT2D eigenvalue weighted by atomic mass is 10.1. The van der Waals surface area contributed by atoms with Crippen LogP contribution in [0.4, 0.5) is 10.1 Å². The van der Waals surface area contributed by atoms with E-state index >= 15 is 0 Å². The summed E-state index contributed by atoms with van der Waals surface area (Å²) in [6.07, 6.45) is 0. The fourth-order valence-corrected chi connectivity index (χ4v) is 2.48. The number of aryl methyl sites for hydroxylation is 1. The molecule has 1 heterocycles. The molecule has 100 valence electrons. The van der Waals surface area contributed by atoms with Crippen molar-refractivity contribution in [3.63, 3.8) is 0 Å². The van der Waals surface area contributed by atoms with Gasteiger partial charge in [0.1, 0.15) is 11.0 Å². The van der Waals surface area contributed by atoms with Crippen LogP contribution >= 0.6 is 23.2 Å². The Kier molecular flexibility index (Phi) is 4.27. The highest BCUT2D eigenvalue weighted by atomic mass is 35.5. The quantitative estimate of drug-likeness (QED) is 0.806. The topological polar surface area (TPSA) is 24.9 Å². The van der Waals surface area contributed by atoms with Crippen LogP contribution in [0.25, 0.3) is 0 Å². The van der Waals surface area contributed by atoms with E-state index in [4.69, 9.17) is 23.2 Å². The molecule has 0 aliphatic rings. The van der Waals surface area contributed by atoms with Crippen molar-refractivity contribution in [3.8, 4) is 0 Å². The Morgan fingerprint density at radius 2 is 1.95 bits per heavy atom. The van der Waals surface area contributed by atoms with Gasteiger partial charge in [-0.3, -0.25) is 0 Å². The number of rotatable bonds is 3. The zero-order chi connectivity index (χ0) is 14.0. The standard InChI is InChI=1S/C14H13Cl2FN2/c1-8-7-12(15)19-14(16)13(8)18-9(2)10-5-3-4-6-11(10)17/h3-7,9,18H,1-2H3. The Hall–Kier alpha value is -1.32. The van der Waals surface area contributed by atoms with Crippen molar-refractivity contribution in [2.75, 3.05) is 5.32 Å². The molecule has 0 aliphatic carbocycles. The molecule has 19 heavy (non-hydrogen) atoms. The largest absolute Gasteiger partial charge is 0.376 e. The van der Waals surface area contributed by atoms with Gasteiger partial charge in [-0.25, -0.2) is 9.37 Å². The Labute approximate surface area is 121 Å². The van der Waals surface area contributed by atoms with E-state index in [1.165, 1.54) is 6.07 Å². The summed E-state index contributed by atoms with van der Waals surface area (Å²) in [4.78, 5) is 3.98. The maximum absolute atomic E-state index is 13.7. The summed E-state index contributed by atoms with van der Waals surface area (Å²) in [6.45, 7) is 3.73. The normalized spacial score (nSPS) is 12.3. The molecule has 0 fully saturated rings. The number of nitrogens with one attached hydrogen (secondary N) is 1. The molecule has 0 saturated heterocycles. The Morgan fingerprint density at radius 1 is 1.26 bits per heavy atom. The van der Waals surface area contributed by atoms with Crippen molar-refractivity contribution >= 4 is 28.9 Å². The Balaban J connectivity index is 2.29. The van der Waals surface area contributed by atoms with Gasteiger partial charge in [-0.1, -0.05) is 41.4 Å². The zero-order valence-electron chi connectivity index (χ0n) is 10.5. The molecular weight excluding hydrogens is 286 g/mol. The lowest BCUT2D eigenvalue weighted by Crippen LogP contribution is -2.10. The van der Waals surface area contributed by atoms with Gasteiger partial charge in [0.15, 0.2) is 5.15 Å². The summed E-state index contributed by atoms with van der Waals surface area (Å²) in [5.74, 6) is -0.252. The number of halogens is 3. The van der Waals surface area contributed by atoms with E-state index in [9.17, 15) is 4.39 Å². The lowest BCUT2D eigenvalue weighted by Gasteiger charge is -2.18. The zero-order valence-corrected chi connectivity index (χ0v) is 12.1. The molecular formula is C14H13Cl2FN2. The third-order valence-electron chi connectivity index (χ3n) is 2.87. The Bertz CT molecular complexity index is 579. The third kappa shape index (κ3) is 3.17. The summed E-state index contributed by atoms with van der Waals surface area (Å²) in [6, 6.07) is 8.12.